The number of nitrogens with one attached hydrogen (secondary N) is 1. The van der Waals surface area contributed by atoms with Crippen LogP contribution in [0.2, 0.25) is 0 Å². The smallest absolute Gasteiger partial charge is 0.251 e. The van der Waals surface area contributed by atoms with Crippen molar-refractivity contribution in [1.82, 2.24) is 10.5 Å². The van der Waals surface area contributed by atoms with E-state index in [1.165, 1.54) is 5.56 Å². The normalized spacial score (nSPS) is 10.8. The average molecular weight is 350 g/mol. The number of ether oxygens (including phenoxy) is 1. The summed E-state index contributed by atoms with van der Waals surface area (Å²) in [6.45, 7) is 6.26. The quantitative estimate of drug-likeness (QED) is 0.717. The van der Waals surface area contributed by atoms with E-state index in [-0.39, 0.29) is 12.0 Å². The maximum atomic E-state index is 12.3. The molecule has 0 saturated heterocycles. The highest BCUT2D eigenvalue weighted by Gasteiger charge is 2.10. The summed E-state index contributed by atoms with van der Waals surface area (Å²) in [4.78, 5) is 12.3. The van der Waals surface area contributed by atoms with Gasteiger partial charge in [-0.2, -0.15) is 0 Å². The van der Waals surface area contributed by atoms with Crippen LogP contribution in [0.4, 0.5) is 0 Å². The second kappa shape index (κ2) is 7.87. The molecule has 1 heterocycles. The van der Waals surface area contributed by atoms with Gasteiger partial charge in [-0.1, -0.05) is 35.0 Å². The van der Waals surface area contributed by atoms with Gasteiger partial charge in [-0.15, -0.1) is 0 Å². The highest BCUT2D eigenvalue weighted by molar-refractivity contribution is 5.94. The Morgan fingerprint density at radius 3 is 2.46 bits per heavy atom. The van der Waals surface area contributed by atoms with Gasteiger partial charge in [0.15, 0.2) is 5.76 Å². The first kappa shape index (κ1) is 17.7. The van der Waals surface area contributed by atoms with Gasteiger partial charge >= 0.3 is 0 Å². The van der Waals surface area contributed by atoms with Crippen LogP contribution in [0.1, 0.15) is 35.5 Å². The Labute approximate surface area is 153 Å². The number of carbonyl (C=O) groups excluding carboxylic acids is 1. The summed E-state index contributed by atoms with van der Waals surface area (Å²) in [6, 6.07) is 16.9. The third kappa shape index (κ3) is 4.51. The number of amides is 1. The number of nitrogens with zero attached hydrogens (tertiary/aromatic N) is 1. The lowest BCUT2D eigenvalue weighted by Crippen LogP contribution is -2.22. The molecular weight excluding hydrogens is 328 g/mol. The molecule has 5 nitrogen and oxygen atoms in total. The maximum Gasteiger partial charge on any atom is 0.251 e. The van der Waals surface area contributed by atoms with Gasteiger partial charge in [0, 0.05) is 17.2 Å². The number of benzene rings is 2. The molecule has 0 saturated carbocycles. The van der Waals surface area contributed by atoms with E-state index in [9.17, 15) is 4.79 Å². The highest BCUT2D eigenvalue weighted by atomic mass is 16.5. The molecule has 5 heteroatoms. The molecule has 2 aromatic carbocycles. The molecule has 0 spiro atoms. The molecule has 1 N–H and O–H groups in total. The van der Waals surface area contributed by atoms with E-state index in [1.54, 1.807) is 24.3 Å². The summed E-state index contributed by atoms with van der Waals surface area (Å²) >= 11 is 0. The van der Waals surface area contributed by atoms with E-state index < -0.39 is 0 Å². The minimum Gasteiger partial charge on any atom is -0.491 e. The van der Waals surface area contributed by atoms with Crippen LogP contribution in [0.25, 0.3) is 11.3 Å². The van der Waals surface area contributed by atoms with Crippen LogP contribution in [0.3, 0.4) is 0 Å². The van der Waals surface area contributed by atoms with Gasteiger partial charge in [0.25, 0.3) is 5.91 Å². The van der Waals surface area contributed by atoms with Gasteiger partial charge in [-0.25, -0.2) is 0 Å². The van der Waals surface area contributed by atoms with Crippen molar-refractivity contribution in [3.8, 4) is 17.1 Å². The fourth-order valence-corrected chi connectivity index (χ4v) is 2.48. The number of hydrogen-bond acceptors (Lipinski definition) is 4. The summed E-state index contributed by atoms with van der Waals surface area (Å²) in [5, 5.41) is 6.86. The number of aromatic nitrogens is 1. The average Bonchev–Trinajstić information content (AvgIpc) is 3.09. The lowest BCUT2D eigenvalue weighted by molar-refractivity contribution is 0.0950. The van der Waals surface area contributed by atoms with Crippen LogP contribution in [0.5, 0.6) is 5.75 Å². The molecule has 1 amide bonds. The van der Waals surface area contributed by atoms with Gasteiger partial charge in [-0.3, -0.25) is 4.79 Å². The molecule has 3 rings (SSSR count). The summed E-state index contributed by atoms with van der Waals surface area (Å²) in [5.74, 6) is 1.27. The molecule has 0 aliphatic heterocycles. The Morgan fingerprint density at radius 2 is 1.81 bits per heavy atom. The largest absolute Gasteiger partial charge is 0.491 e. The van der Waals surface area contributed by atoms with Crippen LogP contribution < -0.4 is 10.1 Å². The number of rotatable bonds is 6. The Bertz CT molecular complexity index is 865. The van der Waals surface area contributed by atoms with Crippen molar-refractivity contribution >= 4 is 5.91 Å². The Balaban J connectivity index is 1.58. The zero-order valence-corrected chi connectivity index (χ0v) is 15.2. The molecule has 3 aromatic rings. The second-order valence-electron chi connectivity index (χ2n) is 6.42. The summed E-state index contributed by atoms with van der Waals surface area (Å²) in [7, 11) is 0. The molecule has 26 heavy (non-hydrogen) atoms. The van der Waals surface area contributed by atoms with E-state index in [0.29, 0.717) is 23.6 Å². The van der Waals surface area contributed by atoms with Gasteiger partial charge in [0.05, 0.1) is 12.6 Å². The Morgan fingerprint density at radius 1 is 1.12 bits per heavy atom. The molecule has 0 bridgehead atoms. The first-order valence-corrected chi connectivity index (χ1v) is 8.59. The molecule has 0 aliphatic carbocycles. The molecule has 134 valence electrons. The summed E-state index contributed by atoms with van der Waals surface area (Å²) in [5.41, 5.74) is 3.39. The van der Waals surface area contributed by atoms with Gasteiger partial charge in [0.1, 0.15) is 11.4 Å². The maximum absolute atomic E-state index is 12.3. The minimum atomic E-state index is -0.166. The van der Waals surface area contributed by atoms with Gasteiger partial charge in [-0.05, 0) is 45.0 Å². The summed E-state index contributed by atoms with van der Waals surface area (Å²) in [6.07, 6.45) is 0.101. The predicted molar refractivity (Wildman–Crippen MR) is 100 cm³/mol. The fraction of sp³-hybridized carbons (Fsp3) is 0.238. The molecule has 0 aliphatic rings. The number of aryl methyl sites for hydroxylation is 1. The minimum absolute atomic E-state index is 0.101. The van der Waals surface area contributed by atoms with Crippen LogP contribution in [-0.2, 0) is 6.54 Å². The molecule has 1 aromatic heterocycles. The number of carbonyl (C=O) groups is 1. The van der Waals surface area contributed by atoms with Crippen molar-refractivity contribution in [1.29, 1.82) is 0 Å². The van der Waals surface area contributed by atoms with E-state index in [4.69, 9.17) is 9.26 Å². The SMILES string of the molecule is Cc1ccc(-c2cc(CNC(=O)c3ccc(OC(C)C)cc3)no2)cc1. The topological polar surface area (TPSA) is 64.4 Å². The molecule has 0 radical (unpaired) electrons. The zero-order valence-electron chi connectivity index (χ0n) is 15.2. The molecular formula is C21H22N2O3. The van der Waals surface area contributed by atoms with Gasteiger partial charge < -0.3 is 14.6 Å². The lowest BCUT2D eigenvalue weighted by Gasteiger charge is -2.10. The predicted octanol–water partition coefficient (Wildman–Crippen LogP) is 4.37. The molecule has 0 fully saturated rings. The van der Waals surface area contributed by atoms with Crippen molar-refractivity contribution < 1.29 is 14.1 Å². The first-order valence-electron chi connectivity index (χ1n) is 8.59. The van der Waals surface area contributed by atoms with Gasteiger partial charge in [0.2, 0.25) is 0 Å². The second-order valence-corrected chi connectivity index (χ2v) is 6.42. The van der Waals surface area contributed by atoms with E-state index in [2.05, 4.69) is 10.5 Å². The highest BCUT2D eigenvalue weighted by Crippen LogP contribution is 2.20. The Hall–Kier alpha value is -3.08. The molecule has 0 atom stereocenters. The monoisotopic (exact) mass is 350 g/mol. The van der Waals surface area contributed by atoms with E-state index in [0.717, 1.165) is 11.3 Å². The zero-order chi connectivity index (χ0) is 18.5. The number of hydrogen-bond donors (Lipinski definition) is 1. The summed E-state index contributed by atoms with van der Waals surface area (Å²) < 4.78 is 10.9. The van der Waals surface area contributed by atoms with Crippen molar-refractivity contribution in [2.24, 2.45) is 0 Å². The van der Waals surface area contributed by atoms with E-state index in [1.807, 2.05) is 51.1 Å². The van der Waals surface area contributed by atoms with Crippen LogP contribution >= 0.6 is 0 Å². The molecule has 0 unspecified atom stereocenters. The van der Waals surface area contributed by atoms with E-state index >= 15 is 0 Å². The lowest BCUT2D eigenvalue weighted by atomic mass is 10.1. The standard InChI is InChI=1S/C21H22N2O3/c1-14(2)25-19-10-8-17(9-11-19)21(24)22-13-18-12-20(26-23-18)16-6-4-15(3)5-7-16/h4-12,14H,13H2,1-3H3,(H,22,24). The Kier molecular flexibility index (Phi) is 5.37. The van der Waals surface area contributed by atoms with Crippen LogP contribution in [-0.4, -0.2) is 17.2 Å². The van der Waals surface area contributed by atoms with Crippen molar-refractivity contribution in [3.05, 3.63) is 71.4 Å². The third-order valence-electron chi connectivity index (χ3n) is 3.81. The van der Waals surface area contributed by atoms with Crippen molar-refractivity contribution in [2.45, 2.75) is 33.4 Å². The fourth-order valence-electron chi connectivity index (χ4n) is 2.48. The third-order valence-corrected chi connectivity index (χ3v) is 3.81. The van der Waals surface area contributed by atoms with Crippen LogP contribution in [0.15, 0.2) is 59.1 Å². The van der Waals surface area contributed by atoms with Crippen molar-refractivity contribution in [3.63, 3.8) is 0 Å². The first-order chi connectivity index (χ1) is 12.5. The van der Waals surface area contributed by atoms with Crippen molar-refractivity contribution in [2.75, 3.05) is 0 Å². The van der Waals surface area contributed by atoms with Crippen LogP contribution in [0, 0.1) is 6.92 Å².